The normalized spacial score (nSPS) is 27.9. The summed E-state index contributed by atoms with van der Waals surface area (Å²) in [5.41, 5.74) is 4.73. The summed E-state index contributed by atoms with van der Waals surface area (Å²) < 4.78 is 26.7. The number of hydrogen-bond acceptors (Lipinski definition) is 11. The van der Waals surface area contributed by atoms with Crippen molar-refractivity contribution in [2.75, 3.05) is 12.3 Å². The highest BCUT2D eigenvalue weighted by molar-refractivity contribution is 8.08. The Hall–Kier alpha value is -1.29. The summed E-state index contributed by atoms with van der Waals surface area (Å²) >= 11 is 4.07. The van der Waals surface area contributed by atoms with E-state index in [-0.39, 0.29) is 17.1 Å². The lowest BCUT2D eigenvalue weighted by Gasteiger charge is -2.18. The van der Waals surface area contributed by atoms with Gasteiger partial charge in [-0.05, 0) is 11.8 Å². The maximum Gasteiger partial charge on any atom is 0.479 e. The fraction of sp³-hybridized carbons (Fsp3) is 0.500. The average molecular weight is 459 g/mol. The van der Waals surface area contributed by atoms with Crippen molar-refractivity contribution in [1.29, 1.82) is 0 Å². The first-order valence-electron chi connectivity index (χ1n) is 7.36. The second-order valence-corrected chi connectivity index (χ2v) is 9.91. The number of phosphoric ester groups is 1. The van der Waals surface area contributed by atoms with E-state index in [1.54, 1.807) is 0 Å². The van der Waals surface area contributed by atoms with Gasteiger partial charge in [-0.1, -0.05) is 0 Å². The molecule has 8 N–H and O–H groups in total. The number of aliphatic hydroxyl groups is 2. The van der Waals surface area contributed by atoms with Crippen LogP contribution in [0.4, 0.5) is 5.95 Å². The van der Waals surface area contributed by atoms with Gasteiger partial charge in [0, 0.05) is 0 Å². The van der Waals surface area contributed by atoms with Crippen LogP contribution in [0.2, 0.25) is 0 Å². The number of fused-ring (bicyclic) bond motifs is 1. The minimum Gasteiger partial charge on any atom is -0.387 e. The number of ether oxygens (including phenoxy) is 1. The number of nitrogen functional groups attached to an aromatic ring is 1. The van der Waals surface area contributed by atoms with E-state index in [4.69, 9.17) is 20.3 Å². The molecule has 3 rings (SSSR count). The first-order valence-corrected chi connectivity index (χ1v) is 11.5. The quantitative estimate of drug-likeness (QED) is 0.224. The van der Waals surface area contributed by atoms with Gasteiger partial charge in [-0.3, -0.25) is 18.9 Å². The van der Waals surface area contributed by atoms with Crippen LogP contribution in [0.3, 0.4) is 0 Å². The number of nitrogens with zero attached hydrogens (tertiary/aromatic N) is 3. The summed E-state index contributed by atoms with van der Waals surface area (Å²) in [7, 11) is -4.97. The highest BCUT2D eigenvalue weighted by Gasteiger charge is 2.45. The zero-order valence-electron chi connectivity index (χ0n) is 13.6. The van der Waals surface area contributed by atoms with Crippen LogP contribution in [0.15, 0.2) is 11.1 Å². The lowest BCUT2D eigenvalue weighted by Crippen LogP contribution is -2.33. The second kappa shape index (κ2) is 7.51. The van der Waals surface area contributed by atoms with Crippen LogP contribution in [-0.4, -0.2) is 69.3 Å². The van der Waals surface area contributed by atoms with Crippen molar-refractivity contribution in [3.05, 3.63) is 16.7 Å². The predicted molar refractivity (Wildman–Crippen MR) is 94.1 cm³/mol. The minimum absolute atomic E-state index is 0.0310. The Labute approximate surface area is 160 Å². The van der Waals surface area contributed by atoms with Crippen LogP contribution in [0.25, 0.3) is 11.2 Å². The second-order valence-electron chi connectivity index (χ2n) is 5.66. The Bertz CT molecular complexity index is 1040. The van der Waals surface area contributed by atoms with Crippen molar-refractivity contribution >= 4 is 43.5 Å². The number of nitrogens with two attached hydrogens (primary N) is 1. The third kappa shape index (κ3) is 4.48. The van der Waals surface area contributed by atoms with E-state index < -0.39 is 51.2 Å². The number of hydrogen-bond donors (Lipinski definition) is 7. The van der Waals surface area contributed by atoms with Crippen LogP contribution in [0, 0.1) is 0 Å². The molecule has 0 spiro atoms. The molecule has 5 atom stereocenters. The molecule has 1 aliphatic rings. The number of rotatable bonds is 6. The van der Waals surface area contributed by atoms with Crippen LogP contribution in [0.5, 0.6) is 0 Å². The van der Waals surface area contributed by atoms with Gasteiger partial charge in [0.15, 0.2) is 17.4 Å². The molecular formula is C10H15N5O10P2S. The van der Waals surface area contributed by atoms with Gasteiger partial charge in [0.2, 0.25) is 5.95 Å². The van der Waals surface area contributed by atoms with Gasteiger partial charge >= 0.3 is 14.5 Å². The fourth-order valence-electron chi connectivity index (χ4n) is 2.55. The molecule has 28 heavy (non-hydrogen) atoms. The molecule has 0 aliphatic carbocycles. The molecular weight excluding hydrogens is 444 g/mol. The predicted octanol–water partition coefficient (Wildman–Crippen LogP) is -2.34. The number of aliphatic hydroxyl groups excluding tert-OH is 2. The molecule has 0 radical (unpaired) electrons. The number of phosphoric acid groups is 1. The molecule has 0 amide bonds. The van der Waals surface area contributed by atoms with Gasteiger partial charge in [-0.15, -0.1) is 0 Å². The molecule has 1 saturated heterocycles. The Kier molecular flexibility index (Phi) is 5.75. The van der Waals surface area contributed by atoms with Crippen molar-refractivity contribution in [3.63, 3.8) is 0 Å². The maximum absolute atomic E-state index is 11.8. The van der Waals surface area contributed by atoms with Crippen LogP contribution in [-0.2, 0) is 29.9 Å². The average Bonchev–Trinajstić information content (AvgIpc) is 3.06. The Balaban J connectivity index is 1.79. The van der Waals surface area contributed by atoms with E-state index in [1.165, 1.54) is 0 Å². The molecule has 18 heteroatoms. The van der Waals surface area contributed by atoms with Crippen molar-refractivity contribution in [2.24, 2.45) is 0 Å². The van der Waals surface area contributed by atoms with Gasteiger partial charge < -0.3 is 35.4 Å². The van der Waals surface area contributed by atoms with Gasteiger partial charge in [0.1, 0.15) is 18.3 Å². The summed E-state index contributed by atoms with van der Waals surface area (Å²) in [4.78, 5) is 49.0. The molecule has 2 aromatic heterocycles. The minimum atomic E-state index is -4.97. The van der Waals surface area contributed by atoms with E-state index in [9.17, 15) is 24.5 Å². The molecule has 15 nitrogen and oxygen atoms in total. The molecule has 156 valence electrons. The van der Waals surface area contributed by atoms with E-state index >= 15 is 0 Å². The number of anilines is 1. The number of H-pyrrole nitrogens is 1. The van der Waals surface area contributed by atoms with Crippen molar-refractivity contribution in [2.45, 2.75) is 24.5 Å². The van der Waals surface area contributed by atoms with E-state index in [2.05, 4.69) is 35.6 Å². The zero-order valence-corrected chi connectivity index (χ0v) is 16.2. The van der Waals surface area contributed by atoms with E-state index in [0.717, 1.165) is 10.9 Å². The standard InChI is InChI=1S/C10H15N5O10P2S/c11-10-13-7-4(8(18)14-10)12-2-15(7)9-6(17)5(16)3(24-9)1-23-26(19,20)25-27(21,22)28/h2-3,5-6,9,16-17H,1H2,(H,19,20)(H2,21,22,28)(H3,11,13,14,18)/t3-,5-,6-,9-/m1/s1. The summed E-state index contributed by atoms with van der Waals surface area (Å²) in [6.07, 6.45) is -4.65. The van der Waals surface area contributed by atoms with Crippen molar-refractivity contribution < 1.29 is 43.0 Å². The number of imidazole rings is 1. The fourth-order valence-corrected chi connectivity index (χ4v) is 4.91. The van der Waals surface area contributed by atoms with Crippen LogP contribution < -0.4 is 11.3 Å². The number of aromatic nitrogens is 4. The van der Waals surface area contributed by atoms with Gasteiger partial charge in [0.25, 0.3) is 5.56 Å². The Morgan fingerprint density at radius 1 is 1.36 bits per heavy atom. The van der Waals surface area contributed by atoms with Gasteiger partial charge in [0.05, 0.1) is 12.9 Å². The van der Waals surface area contributed by atoms with Gasteiger partial charge in [-0.2, -0.15) is 4.98 Å². The molecule has 3 heterocycles. The lowest BCUT2D eigenvalue weighted by atomic mass is 10.1. The van der Waals surface area contributed by atoms with E-state index in [0.29, 0.717) is 0 Å². The molecule has 1 unspecified atom stereocenters. The zero-order chi connectivity index (χ0) is 20.9. The highest BCUT2D eigenvalue weighted by Crippen LogP contribution is 2.58. The first-order chi connectivity index (χ1) is 12.9. The topological polar surface area (TPSA) is 235 Å². The SMILES string of the molecule is Nc1nc2c(ncn2[C@@H]2O[C@H](COP(=O)(O)OP(O)(O)=S)[C@@H](O)[C@H]2O)c(=O)[nH]1. The van der Waals surface area contributed by atoms with Crippen LogP contribution in [0.1, 0.15) is 6.23 Å². The van der Waals surface area contributed by atoms with Crippen LogP contribution >= 0.6 is 14.5 Å². The largest absolute Gasteiger partial charge is 0.479 e. The lowest BCUT2D eigenvalue weighted by molar-refractivity contribution is -0.0502. The summed E-state index contributed by atoms with van der Waals surface area (Å²) in [6, 6.07) is 0. The smallest absolute Gasteiger partial charge is 0.387 e. The third-order valence-corrected chi connectivity index (χ3v) is 6.43. The Morgan fingerprint density at radius 2 is 2.04 bits per heavy atom. The molecule has 2 aromatic rings. The molecule has 0 bridgehead atoms. The first kappa shape index (κ1) is 21.4. The molecule has 1 fully saturated rings. The van der Waals surface area contributed by atoms with E-state index in [1.807, 2.05) is 0 Å². The molecule has 0 aromatic carbocycles. The highest BCUT2D eigenvalue weighted by atomic mass is 32.5. The maximum atomic E-state index is 11.8. The third-order valence-electron chi connectivity index (χ3n) is 3.67. The van der Waals surface area contributed by atoms with Gasteiger partial charge in [-0.25, -0.2) is 13.9 Å². The Morgan fingerprint density at radius 3 is 2.68 bits per heavy atom. The molecule has 1 aliphatic heterocycles. The monoisotopic (exact) mass is 459 g/mol. The summed E-state index contributed by atoms with van der Waals surface area (Å²) in [6.45, 7) is -5.26. The van der Waals surface area contributed by atoms with Crippen molar-refractivity contribution in [3.8, 4) is 0 Å². The summed E-state index contributed by atoms with van der Waals surface area (Å²) in [5.74, 6) is -0.214. The number of aromatic amines is 1. The van der Waals surface area contributed by atoms with Crippen molar-refractivity contribution in [1.82, 2.24) is 19.5 Å². The number of nitrogens with one attached hydrogen (secondary N) is 1. The molecule has 0 saturated carbocycles. The summed E-state index contributed by atoms with van der Waals surface area (Å²) in [5, 5.41) is 20.3.